The van der Waals surface area contributed by atoms with E-state index in [1.54, 1.807) is 18.5 Å². The fourth-order valence-corrected chi connectivity index (χ4v) is 3.03. The molecular formula is C17H28IN7O2S. The number of hydrogen-bond acceptors (Lipinski definition) is 5. The number of nitrogens with one attached hydrogen (secondary N) is 2. The highest BCUT2D eigenvalue weighted by Gasteiger charge is 2.06. The Morgan fingerprint density at radius 2 is 1.93 bits per heavy atom. The number of rotatable bonds is 9. The second-order valence-electron chi connectivity index (χ2n) is 5.92. The second-order valence-corrected chi connectivity index (χ2v) is 7.48. The van der Waals surface area contributed by atoms with Crippen molar-refractivity contribution in [1.82, 2.24) is 25.4 Å². The van der Waals surface area contributed by atoms with Gasteiger partial charge in [0.05, 0.1) is 4.90 Å². The van der Waals surface area contributed by atoms with Crippen molar-refractivity contribution < 1.29 is 8.42 Å². The zero-order valence-corrected chi connectivity index (χ0v) is 19.3. The van der Waals surface area contributed by atoms with Crippen LogP contribution in [0.1, 0.15) is 25.2 Å². The molecule has 0 atom stereocenters. The Bertz CT molecular complexity index is 851. The fourth-order valence-electron chi connectivity index (χ4n) is 2.52. The number of aryl methyl sites for hydroxylation is 1. The number of nitrogens with two attached hydrogens (primary N) is 1. The van der Waals surface area contributed by atoms with Crippen LogP contribution in [0.2, 0.25) is 0 Å². The largest absolute Gasteiger partial charge is 0.357 e. The summed E-state index contributed by atoms with van der Waals surface area (Å²) in [6, 6.07) is 6.55. The topological polar surface area (TPSA) is 127 Å². The van der Waals surface area contributed by atoms with E-state index < -0.39 is 10.0 Å². The van der Waals surface area contributed by atoms with Crippen LogP contribution in [0.25, 0.3) is 0 Å². The molecule has 28 heavy (non-hydrogen) atoms. The van der Waals surface area contributed by atoms with Gasteiger partial charge in [-0.1, -0.05) is 19.1 Å². The molecule has 4 N–H and O–H groups in total. The van der Waals surface area contributed by atoms with Gasteiger partial charge in [0.15, 0.2) is 5.96 Å². The van der Waals surface area contributed by atoms with E-state index in [0.717, 1.165) is 36.9 Å². The number of hydrogen-bond donors (Lipinski definition) is 3. The fraction of sp³-hybridized carbons (Fsp3) is 0.471. The predicted molar refractivity (Wildman–Crippen MR) is 120 cm³/mol. The molecule has 9 nitrogen and oxygen atoms in total. The van der Waals surface area contributed by atoms with Gasteiger partial charge in [0.1, 0.15) is 12.2 Å². The third-order valence-electron chi connectivity index (χ3n) is 3.92. The Morgan fingerprint density at radius 3 is 2.54 bits per heavy atom. The van der Waals surface area contributed by atoms with Gasteiger partial charge in [-0.2, -0.15) is 0 Å². The minimum Gasteiger partial charge on any atom is -0.357 e. The third-order valence-corrected chi connectivity index (χ3v) is 4.85. The van der Waals surface area contributed by atoms with E-state index in [9.17, 15) is 8.42 Å². The number of guanidine groups is 1. The van der Waals surface area contributed by atoms with E-state index in [0.29, 0.717) is 19.5 Å². The lowest BCUT2D eigenvalue weighted by molar-refractivity contribution is 0.598. The summed E-state index contributed by atoms with van der Waals surface area (Å²) in [6.07, 6.45) is 3.28. The number of halogens is 1. The first-order valence-corrected chi connectivity index (χ1v) is 10.5. The average Bonchev–Trinajstić information content (AvgIpc) is 3.09. The summed E-state index contributed by atoms with van der Waals surface area (Å²) in [7, 11) is -3.65. The van der Waals surface area contributed by atoms with Gasteiger partial charge >= 0.3 is 0 Å². The van der Waals surface area contributed by atoms with Gasteiger partial charge < -0.3 is 15.2 Å². The van der Waals surface area contributed by atoms with Crippen molar-refractivity contribution in [2.75, 3.05) is 19.6 Å². The molecule has 156 valence electrons. The van der Waals surface area contributed by atoms with Gasteiger partial charge in [-0.05, 0) is 31.0 Å². The van der Waals surface area contributed by atoms with Crippen molar-refractivity contribution in [3.05, 3.63) is 42.0 Å². The number of sulfonamides is 1. The molecule has 1 heterocycles. The van der Waals surface area contributed by atoms with E-state index in [1.807, 2.05) is 11.5 Å². The smallest absolute Gasteiger partial charge is 0.238 e. The van der Waals surface area contributed by atoms with Crippen LogP contribution in [0.4, 0.5) is 0 Å². The molecule has 2 aromatic rings. The second kappa shape index (κ2) is 12.0. The molecule has 0 aliphatic rings. The molecule has 0 radical (unpaired) electrons. The lowest BCUT2D eigenvalue weighted by Crippen LogP contribution is -2.39. The summed E-state index contributed by atoms with van der Waals surface area (Å²) in [6.45, 7) is 6.88. The Kier molecular flexibility index (Phi) is 10.4. The quantitative estimate of drug-likeness (QED) is 0.256. The first-order chi connectivity index (χ1) is 12.9. The van der Waals surface area contributed by atoms with Gasteiger partial charge in [-0.3, -0.25) is 4.99 Å². The zero-order chi connectivity index (χ0) is 19.7. The molecule has 0 aliphatic heterocycles. The van der Waals surface area contributed by atoms with Crippen LogP contribution in [0.15, 0.2) is 40.5 Å². The van der Waals surface area contributed by atoms with Crippen molar-refractivity contribution in [3.63, 3.8) is 0 Å². The van der Waals surface area contributed by atoms with Crippen LogP contribution in [-0.2, 0) is 29.4 Å². The summed E-state index contributed by atoms with van der Waals surface area (Å²) in [5.41, 5.74) is 0.999. The Hall–Kier alpha value is -1.73. The normalized spacial score (nSPS) is 11.8. The van der Waals surface area contributed by atoms with Gasteiger partial charge in [-0.15, -0.1) is 34.2 Å². The van der Waals surface area contributed by atoms with Gasteiger partial charge in [0, 0.05) is 32.6 Å². The van der Waals surface area contributed by atoms with E-state index in [2.05, 4.69) is 32.7 Å². The molecular weight excluding hydrogens is 493 g/mol. The number of aliphatic imine (C=N–C) groups is 1. The molecule has 0 spiro atoms. The maximum atomic E-state index is 11.3. The molecule has 0 amide bonds. The SMILES string of the molecule is CCNC(=NCCc1ccc(S(N)(=O)=O)cc1)NCCn1cnnc1CC.I. The first-order valence-electron chi connectivity index (χ1n) is 8.94. The molecule has 0 fully saturated rings. The van der Waals surface area contributed by atoms with Crippen molar-refractivity contribution >= 4 is 40.0 Å². The minimum atomic E-state index is -3.65. The first kappa shape index (κ1) is 24.3. The number of nitrogens with zero attached hydrogens (tertiary/aromatic N) is 4. The third kappa shape index (κ3) is 7.72. The van der Waals surface area contributed by atoms with Crippen molar-refractivity contribution in [2.24, 2.45) is 10.1 Å². The molecule has 11 heteroatoms. The monoisotopic (exact) mass is 521 g/mol. The van der Waals surface area contributed by atoms with Crippen LogP contribution in [0.3, 0.4) is 0 Å². The molecule has 0 aliphatic carbocycles. The number of benzene rings is 1. The summed E-state index contributed by atoms with van der Waals surface area (Å²) in [5.74, 6) is 1.70. The molecule has 1 aromatic carbocycles. The van der Waals surface area contributed by atoms with Crippen LogP contribution < -0.4 is 15.8 Å². The highest BCUT2D eigenvalue weighted by Crippen LogP contribution is 2.09. The van der Waals surface area contributed by atoms with Crippen LogP contribution in [0, 0.1) is 0 Å². The molecule has 2 rings (SSSR count). The van der Waals surface area contributed by atoms with Gasteiger partial charge in [-0.25, -0.2) is 13.6 Å². The van der Waals surface area contributed by atoms with Gasteiger partial charge in [0.25, 0.3) is 0 Å². The highest BCUT2D eigenvalue weighted by atomic mass is 127. The standard InChI is InChI=1S/C17H27N7O2S.HI/c1-3-16-23-22-13-24(16)12-11-21-17(19-4-2)20-10-9-14-5-7-15(8-6-14)27(18,25)26;/h5-8,13H,3-4,9-12H2,1-2H3,(H2,18,25,26)(H2,19,20,21);1H. The highest BCUT2D eigenvalue weighted by molar-refractivity contribution is 14.0. The maximum Gasteiger partial charge on any atom is 0.238 e. The number of primary sulfonamides is 1. The van der Waals surface area contributed by atoms with Crippen LogP contribution in [-0.4, -0.2) is 48.8 Å². The van der Waals surface area contributed by atoms with Gasteiger partial charge in [0.2, 0.25) is 10.0 Å². The summed E-state index contributed by atoms with van der Waals surface area (Å²) < 4.78 is 24.6. The van der Waals surface area contributed by atoms with E-state index in [-0.39, 0.29) is 28.9 Å². The lowest BCUT2D eigenvalue weighted by atomic mass is 10.1. The van der Waals surface area contributed by atoms with Crippen molar-refractivity contribution in [2.45, 2.75) is 38.1 Å². The molecule has 0 unspecified atom stereocenters. The van der Waals surface area contributed by atoms with E-state index in [1.165, 1.54) is 12.1 Å². The molecule has 0 saturated carbocycles. The predicted octanol–water partition coefficient (Wildman–Crippen LogP) is 0.904. The number of aromatic nitrogens is 3. The minimum absolute atomic E-state index is 0. The summed E-state index contributed by atoms with van der Waals surface area (Å²) in [4.78, 5) is 4.67. The maximum absolute atomic E-state index is 11.3. The Morgan fingerprint density at radius 1 is 1.21 bits per heavy atom. The van der Waals surface area contributed by atoms with Crippen molar-refractivity contribution in [3.8, 4) is 0 Å². The molecule has 1 aromatic heterocycles. The summed E-state index contributed by atoms with van der Waals surface area (Å²) >= 11 is 0. The zero-order valence-electron chi connectivity index (χ0n) is 16.1. The van der Waals surface area contributed by atoms with Crippen LogP contribution in [0.5, 0.6) is 0 Å². The summed E-state index contributed by atoms with van der Waals surface area (Å²) in [5, 5.41) is 19.6. The molecule has 0 bridgehead atoms. The Balaban J connectivity index is 0.00000392. The molecule has 0 saturated heterocycles. The van der Waals surface area contributed by atoms with Crippen LogP contribution >= 0.6 is 24.0 Å². The average molecular weight is 521 g/mol. The lowest BCUT2D eigenvalue weighted by Gasteiger charge is -2.12. The van der Waals surface area contributed by atoms with Crippen molar-refractivity contribution in [1.29, 1.82) is 0 Å². The van der Waals surface area contributed by atoms with E-state index in [4.69, 9.17) is 5.14 Å². The Labute approximate surface area is 183 Å². The van der Waals surface area contributed by atoms with E-state index >= 15 is 0 Å².